The van der Waals surface area contributed by atoms with Crippen molar-refractivity contribution in [1.29, 1.82) is 0 Å². The first-order valence-corrected chi connectivity index (χ1v) is 8.64. The summed E-state index contributed by atoms with van der Waals surface area (Å²) in [5.74, 6) is 0.473. The van der Waals surface area contributed by atoms with E-state index in [1.54, 1.807) is 0 Å². The molecule has 4 heteroatoms. The highest BCUT2D eigenvalue weighted by atomic mass is 16.2. The summed E-state index contributed by atoms with van der Waals surface area (Å²) in [6, 6.07) is 8.21. The topological polar surface area (TPSA) is 51.1 Å². The zero-order valence-corrected chi connectivity index (χ0v) is 13.3. The monoisotopic (exact) mass is 310 g/mol. The number of para-hydroxylation sites is 1. The van der Waals surface area contributed by atoms with Crippen LogP contribution < -0.4 is 5.32 Å². The highest BCUT2D eigenvalue weighted by Gasteiger charge is 2.32. The van der Waals surface area contributed by atoms with Gasteiger partial charge in [0, 0.05) is 34.6 Å². The van der Waals surface area contributed by atoms with E-state index in [9.17, 15) is 9.59 Å². The molecule has 1 N–H and O–H groups in total. The third-order valence-corrected chi connectivity index (χ3v) is 5.04. The molecule has 2 aliphatic carbocycles. The van der Waals surface area contributed by atoms with E-state index < -0.39 is 0 Å². The first kappa shape index (κ1) is 14.5. The number of hydrogen-bond donors (Lipinski definition) is 1. The number of rotatable bonds is 5. The number of benzene rings is 1. The number of Topliss-reactive ketones (excluding diaryl/α,β-unsaturated/α-hetero) is 1. The molecular formula is C19H22N2O2. The minimum Gasteiger partial charge on any atom is -0.352 e. The molecule has 2 saturated carbocycles. The van der Waals surface area contributed by atoms with Crippen LogP contribution in [0.15, 0.2) is 30.5 Å². The molecule has 1 amide bonds. The molecule has 0 aliphatic heterocycles. The standard InChI is InChI=1S/C19H22N2O2/c22-18(20-14-5-1-2-6-14)12-21-11-16(19(23)13-9-10-13)15-7-3-4-8-17(15)21/h3-4,7-8,11,13-14H,1-2,5-6,9-10,12H2,(H,20,22). The lowest BCUT2D eigenvalue weighted by atomic mass is 10.1. The minimum atomic E-state index is 0.0445. The summed E-state index contributed by atoms with van der Waals surface area (Å²) in [7, 11) is 0. The lowest BCUT2D eigenvalue weighted by molar-refractivity contribution is -0.122. The number of aromatic nitrogens is 1. The van der Waals surface area contributed by atoms with E-state index in [0.717, 1.165) is 42.1 Å². The van der Waals surface area contributed by atoms with Gasteiger partial charge in [-0.25, -0.2) is 0 Å². The fourth-order valence-electron chi connectivity index (χ4n) is 3.64. The van der Waals surface area contributed by atoms with E-state index in [-0.39, 0.29) is 24.2 Å². The fourth-order valence-corrected chi connectivity index (χ4v) is 3.64. The zero-order valence-electron chi connectivity index (χ0n) is 13.3. The van der Waals surface area contributed by atoms with E-state index in [0.29, 0.717) is 6.04 Å². The van der Waals surface area contributed by atoms with Crippen molar-refractivity contribution in [2.45, 2.75) is 51.1 Å². The van der Waals surface area contributed by atoms with E-state index in [1.165, 1.54) is 12.8 Å². The Morgan fingerprint density at radius 1 is 1.09 bits per heavy atom. The van der Waals surface area contributed by atoms with E-state index in [2.05, 4.69) is 5.32 Å². The predicted molar refractivity (Wildman–Crippen MR) is 89.4 cm³/mol. The van der Waals surface area contributed by atoms with Crippen LogP contribution in [0.5, 0.6) is 0 Å². The molecule has 4 nitrogen and oxygen atoms in total. The third kappa shape index (κ3) is 2.90. The van der Waals surface area contributed by atoms with Gasteiger partial charge in [0.25, 0.3) is 0 Å². The lowest BCUT2D eigenvalue weighted by Crippen LogP contribution is -2.35. The van der Waals surface area contributed by atoms with E-state index in [1.807, 2.05) is 35.0 Å². The number of carbonyl (C=O) groups is 2. The van der Waals surface area contributed by atoms with Crippen molar-refractivity contribution in [2.75, 3.05) is 0 Å². The van der Waals surface area contributed by atoms with Crippen molar-refractivity contribution in [3.8, 4) is 0 Å². The number of amides is 1. The largest absolute Gasteiger partial charge is 0.352 e. The Balaban J connectivity index is 1.58. The summed E-state index contributed by atoms with van der Waals surface area (Å²) >= 11 is 0. The summed E-state index contributed by atoms with van der Waals surface area (Å²) in [5, 5.41) is 4.09. The van der Waals surface area contributed by atoms with Gasteiger partial charge in [0.1, 0.15) is 6.54 Å². The van der Waals surface area contributed by atoms with Crippen LogP contribution in [-0.4, -0.2) is 22.3 Å². The van der Waals surface area contributed by atoms with Gasteiger partial charge in [-0.2, -0.15) is 0 Å². The summed E-state index contributed by atoms with van der Waals surface area (Å²) < 4.78 is 1.93. The van der Waals surface area contributed by atoms with Crippen molar-refractivity contribution < 1.29 is 9.59 Å². The van der Waals surface area contributed by atoms with Crippen molar-refractivity contribution in [1.82, 2.24) is 9.88 Å². The molecule has 0 radical (unpaired) electrons. The van der Waals surface area contributed by atoms with E-state index in [4.69, 9.17) is 0 Å². The smallest absolute Gasteiger partial charge is 0.240 e. The summed E-state index contributed by atoms with van der Waals surface area (Å²) in [6.07, 6.45) is 8.46. The normalized spacial score (nSPS) is 18.4. The summed E-state index contributed by atoms with van der Waals surface area (Å²) in [5.41, 5.74) is 1.75. The van der Waals surface area contributed by atoms with Crippen LogP contribution in [0.1, 0.15) is 48.9 Å². The molecule has 0 atom stereocenters. The summed E-state index contributed by atoms with van der Waals surface area (Å²) in [6.45, 7) is 0.287. The quantitative estimate of drug-likeness (QED) is 0.862. The molecule has 0 unspecified atom stereocenters. The van der Waals surface area contributed by atoms with Gasteiger partial charge >= 0.3 is 0 Å². The molecular weight excluding hydrogens is 288 g/mol. The fraction of sp³-hybridized carbons (Fsp3) is 0.474. The maximum absolute atomic E-state index is 12.5. The van der Waals surface area contributed by atoms with Crippen LogP contribution >= 0.6 is 0 Å². The molecule has 2 fully saturated rings. The van der Waals surface area contributed by atoms with Crippen LogP contribution in [-0.2, 0) is 11.3 Å². The average molecular weight is 310 g/mol. The van der Waals surface area contributed by atoms with Crippen LogP contribution in [0.3, 0.4) is 0 Å². The zero-order chi connectivity index (χ0) is 15.8. The van der Waals surface area contributed by atoms with Gasteiger partial charge in [-0.3, -0.25) is 9.59 Å². The number of fused-ring (bicyclic) bond motifs is 1. The average Bonchev–Trinajstić information content (AvgIpc) is 3.18. The molecule has 1 aromatic heterocycles. The Labute approximate surface area is 135 Å². The molecule has 0 bridgehead atoms. The van der Waals surface area contributed by atoms with Crippen LogP contribution in [0.2, 0.25) is 0 Å². The molecule has 0 saturated heterocycles. The summed E-state index contributed by atoms with van der Waals surface area (Å²) in [4.78, 5) is 24.8. The van der Waals surface area contributed by atoms with Gasteiger partial charge in [0.05, 0.1) is 0 Å². The number of carbonyl (C=O) groups excluding carboxylic acids is 2. The third-order valence-electron chi connectivity index (χ3n) is 5.04. The van der Waals surface area contributed by atoms with Crippen LogP contribution in [0.4, 0.5) is 0 Å². The highest BCUT2D eigenvalue weighted by Crippen LogP contribution is 2.35. The Kier molecular flexibility index (Phi) is 3.68. The van der Waals surface area contributed by atoms with Gasteiger partial charge in [0.2, 0.25) is 5.91 Å². The maximum Gasteiger partial charge on any atom is 0.240 e. The molecule has 2 aromatic rings. The van der Waals surface area contributed by atoms with Crippen molar-refractivity contribution >= 4 is 22.6 Å². The van der Waals surface area contributed by atoms with Gasteiger partial charge < -0.3 is 9.88 Å². The first-order valence-electron chi connectivity index (χ1n) is 8.64. The van der Waals surface area contributed by atoms with Crippen molar-refractivity contribution in [2.24, 2.45) is 5.92 Å². The lowest BCUT2D eigenvalue weighted by Gasteiger charge is -2.12. The number of nitrogens with zero attached hydrogens (tertiary/aromatic N) is 1. The Bertz CT molecular complexity index is 752. The highest BCUT2D eigenvalue weighted by molar-refractivity contribution is 6.10. The SMILES string of the molecule is O=C(Cn1cc(C(=O)C2CC2)c2ccccc21)NC1CCCC1. The van der Waals surface area contributed by atoms with E-state index >= 15 is 0 Å². The van der Waals surface area contributed by atoms with Gasteiger partial charge in [0.15, 0.2) is 5.78 Å². The molecule has 120 valence electrons. The Hall–Kier alpha value is -2.10. The van der Waals surface area contributed by atoms with Crippen molar-refractivity contribution in [3.63, 3.8) is 0 Å². The molecule has 0 spiro atoms. The van der Waals surface area contributed by atoms with Gasteiger partial charge in [-0.15, -0.1) is 0 Å². The van der Waals surface area contributed by atoms with Crippen LogP contribution in [0.25, 0.3) is 10.9 Å². The number of ketones is 1. The Morgan fingerprint density at radius 2 is 1.83 bits per heavy atom. The maximum atomic E-state index is 12.5. The molecule has 2 aliphatic rings. The molecule has 1 heterocycles. The minimum absolute atomic E-state index is 0.0445. The van der Waals surface area contributed by atoms with Gasteiger partial charge in [-0.1, -0.05) is 31.0 Å². The molecule has 4 rings (SSSR count). The van der Waals surface area contributed by atoms with Gasteiger partial charge in [-0.05, 0) is 31.7 Å². The second-order valence-electron chi connectivity index (χ2n) is 6.88. The first-order chi connectivity index (χ1) is 11.2. The second-order valence-corrected chi connectivity index (χ2v) is 6.88. The number of nitrogens with one attached hydrogen (secondary N) is 1. The van der Waals surface area contributed by atoms with Crippen molar-refractivity contribution in [3.05, 3.63) is 36.0 Å². The Morgan fingerprint density at radius 3 is 2.57 bits per heavy atom. The molecule has 1 aromatic carbocycles. The van der Waals surface area contributed by atoms with Crippen LogP contribution in [0, 0.1) is 5.92 Å². The second kappa shape index (κ2) is 5.84. The number of hydrogen-bond acceptors (Lipinski definition) is 2. The predicted octanol–water partition coefficient (Wildman–Crippen LogP) is 3.29. The molecule has 23 heavy (non-hydrogen) atoms.